The van der Waals surface area contributed by atoms with Crippen molar-refractivity contribution in [2.24, 2.45) is 30.6 Å². The number of aliphatic hydroxyl groups is 1. The second kappa shape index (κ2) is 49.2. The summed E-state index contributed by atoms with van der Waals surface area (Å²) in [5.74, 6) is -0.927. The Bertz CT molecular complexity index is 3030. The number of ether oxygens (including phenoxy) is 6. The van der Waals surface area contributed by atoms with Crippen LogP contribution < -0.4 is 71.5 Å². The number of aliphatic hydroxyl groups excluding tert-OH is 1. The molecule has 0 fully saturated rings. The molecule has 0 aliphatic heterocycles. The molecular formula is C57H66Cl7N12NdO13P2S2Zn2. The van der Waals surface area contributed by atoms with E-state index >= 15 is 0 Å². The molecule has 0 bridgehead atoms. The number of hydrogen-bond acceptors (Lipinski definition) is 21. The van der Waals surface area contributed by atoms with E-state index in [9.17, 15) is 30.6 Å². The Hall–Kier alpha value is -4.37. The summed E-state index contributed by atoms with van der Waals surface area (Å²) in [6.07, 6.45) is 8.23. The number of rotatable bonds is 24. The van der Waals surface area contributed by atoms with Crippen molar-refractivity contribution in [3.63, 3.8) is 0 Å². The van der Waals surface area contributed by atoms with Gasteiger partial charge in [-0.3, -0.25) is 0 Å². The maximum Gasteiger partial charge on any atom is 3.00 e. The molecule has 96 heavy (non-hydrogen) atoms. The molecule has 0 aliphatic carbocycles. The Morgan fingerprint density at radius 2 is 0.458 bits per heavy atom. The van der Waals surface area contributed by atoms with Crippen LogP contribution in [0.25, 0.3) is 0 Å². The molecule has 0 amide bonds. The van der Waals surface area contributed by atoms with Crippen LogP contribution in [-0.4, -0.2) is 172 Å². The van der Waals surface area contributed by atoms with Crippen molar-refractivity contribution in [3.05, 3.63) is 143 Å². The topological polar surface area (TPSA) is 308 Å². The molecule has 0 saturated carbocycles. The Labute approximate surface area is 664 Å². The van der Waals surface area contributed by atoms with E-state index in [2.05, 4.69) is 30.6 Å². The van der Waals surface area contributed by atoms with E-state index in [0.29, 0.717) is 0 Å². The first-order valence-electron chi connectivity index (χ1n) is 25.8. The van der Waals surface area contributed by atoms with Crippen LogP contribution in [0, 0.1) is 40.8 Å². The molecule has 0 heterocycles. The van der Waals surface area contributed by atoms with Crippen LogP contribution in [0.2, 0.25) is 0 Å². The minimum atomic E-state index is -3.17. The molecule has 6 aromatic carbocycles. The summed E-state index contributed by atoms with van der Waals surface area (Å²) in [7, 11) is 19.2. The van der Waals surface area contributed by atoms with E-state index in [0.717, 1.165) is 7.11 Å². The zero-order valence-electron chi connectivity index (χ0n) is 54.0. The number of para-hydroxylation sites is 6. The number of hydrazone groups is 6. The van der Waals surface area contributed by atoms with Crippen molar-refractivity contribution in [2.45, 2.75) is 8.59 Å². The van der Waals surface area contributed by atoms with Gasteiger partial charge in [0.15, 0.2) is 8.59 Å². The molecule has 6 rings (SSSR count). The summed E-state index contributed by atoms with van der Waals surface area (Å²) < 4.78 is 37.9. The largest absolute Gasteiger partial charge is 3.00 e. The van der Waals surface area contributed by atoms with Gasteiger partial charge in [0.05, 0.1) is 79.9 Å². The van der Waals surface area contributed by atoms with Crippen molar-refractivity contribution >= 4 is 143 Å². The van der Waals surface area contributed by atoms with Gasteiger partial charge in [-0.05, 0) is 93.4 Å². The average molecular weight is 1780 g/mol. The third-order valence-electron chi connectivity index (χ3n) is 11.8. The van der Waals surface area contributed by atoms with E-state index < -0.39 is 21.6 Å². The fourth-order valence-electron chi connectivity index (χ4n) is 7.17. The van der Waals surface area contributed by atoms with Crippen LogP contribution in [0.1, 0.15) is 33.4 Å². The Balaban J connectivity index is -0.00000152. The molecule has 511 valence electrons. The number of hydrogen-bond donors (Lipinski definition) is 1. The SMILES string of the molecule is CO.COc1cccc(/C=N/N(C)P(=S)(N(C)/N=C/c2cccc(OC)c2[O-])N(C)/N=C/c2cccc(OC)c2[O-])c1[O-].COc1cccc(/C=N/N(C)P(=S)(N(C)/N=C/c2cccc(OC)c2[O-])N(C)/N=C/c2cccc(OC)c2[O-])c1[O-].ClC(Cl)Cl.ClC(Cl)Cl.[Cl-].[Nd+3].[Zn+2].[Zn+2]. The van der Waals surface area contributed by atoms with Gasteiger partial charge in [-0.15, -0.1) is 0 Å². The molecule has 39 heteroatoms. The molecular weight excluding hydrogens is 1710 g/mol. The predicted octanol–water partition coefficient (Wildman–Crippen LogP) is 5.29. The van der Waals surface area contributed by atoms with Crippen molar-refractivity contribution in [1.29, 1.82) is 0 Å². The van der Waals surface area contributed by atoms with Crippen molar-refractivity contribution < 1.29 is 156 Å². The molecule has 1 radical (unpaired) electrons. The fourth-order valence-corrected chi connectivity index (χ4v) is 11.3. The Kier molecular flexibility index (Phi) is 49.1. The van der Waals surface area contributed by atoms with Crippen LogP contribution in [-0.2, 0) is 62.6 Å². The van der Waals surface area contributed by atoms with E-state index in [1.165, 1.54) is 109 Å². The van der Waals surface area contributed by atoms with Crippen LogP contribution in [0.5, 0.6) is 69.0 Å². The Morgan fingerprint density at radius 1 is 0.344 bits per heavy atom. The van der Waals surface area contributed by atoms with Gasteiger partial charge in [-0.2, -0.15) is 30.6 Å². The summed E-state index contributed by atoms with van der Waals surface area (Å²) in [6.45, 7) is -6.33. The maximum atomic E-state index is 12.6. The first-order chi connectivity index (χ1) is 43.6. The maximum absolute atomic E-state index is 12.6. The van der Waals surface area contributed by atoms with Crippen LogP contribution >= 0.6 is 82.6 Å². The van der Waals surface area contributed by atoms with Gasteiger partial charge in [0, 0.05) is 49.4 Å². The van der Waals surface area contributed by atoms with E-state index in [4.69, 9.17) is 127 Å². The molecule has 25 nitrogen and oxygen atoms in total. The van der Waals surface area contributed by atoms with Crippen LogP contribution in [0.4, 0.5) is 0 Å². The second-order valence-corrected chi connectivity index (χ2v) is 29.6. The van der Waals surface area contributed by atoms with Gasteiger partial charge < -0.3 is 76.6 Å². The van der Waals surface area contributed by atoms with Crippen molar-refractivity contribution in [3.8, 4) is 69.0 Å². The van der Waals surface area contributed by atoms with Gasteiger partial charge in [0.25, 0.3) is 13.0 Å². The summed E-state index contributed by atoms with van der Waals surface area (Å²) in [5.41, 5.74) is 1.72. The third-order valence-corrected chi connectivity index (χ3v) is 21.2. The van der Waals surface area contributed by atoms with E-state index in [1.54, 1.807) is 151 Å². The van der Waals surface area contributed by atoms with Gasteiger partial charge in [0.2, 0.25) is 0 Å². The van der Waals surface area contributed by atoms with Crippen molar-refractivity contribution in [2.75, 3.05) is 92.1 Å². The normalized spacial score (nSPS) is 10.9. The Morgan fingerprint density at radius 3 is 0.562 bits per heavy atom. The number of benzene rings is 6. The number of nitrogens with zero attached hydrogens (tertiary/aromatic N) is 12. The zero-order chi connectivity index (χ0) is 69.5. The summed E-state index contributed by atoms with van der Waals surface area (Å²) in [6, 6.07) is 29.0. The summed E-state index contributed by atoms with van der Waals surface area (Å²) in [5, 5.41) is 109. The van der Waals surface area contributed by atoms with E-state index in [-0.39, 0.29) is 195 Å². The van der Waals surface area contributed by atoms with Crippen LogP contribution in [0.3, 0.4) is 0 Å². The number of methoxy groups -OCH3 is 6. The molecule has 0 aliphatic rings. The van der Waals surface area contributed by atoms with Crippen molar-refractivity contribution in [1.82, 2.24) is 28.7 Å². The molecule has 0 unspecified atom stereocenters. The monoisotopic (exact) mass is 1770 g/mol. The molecule has 0 aromatic heterocycles. The molecule has 1 N–H and O–H groups in total. The van der Waals surface area contributed by atoms with Gasteiger partial charge in [-0.1, -0.05) is 177 Å². The quantitative estimate of drug-likeness (QED) is 0.0264. The van der Waals surface area contributed by atoms with Gasteiger partial charge in [0.1, 0.15) is 34.5 Å². The molecule has 0 spiro atoms. The summed E-state index contributed by atoms with van der Waals surface area (Å²) >= 11 is 41.0. The fraction of sp³-hybridized carbons (Fsp3) is 0.263. The predicted molar refractivity (Wildman–Crippen MR) is 366 cm³/mol. The summed E-state index contributed by atoms with van der Waals surface area (Å²) in [4.78, 5) is 0. The van der Waals surface area contributed by atoms with Crippen LogP contribution in [0.15, 0.2) is 140 Å². The molecule has 6 aromatic rings. The minimum absolute atomic E-state index is 0. The number of halogens is 7. The first-order valence-corrected chi connectivity index (χ1v) is 33.8. The third kappa shape index (κ3) is 28.3. The van der Waals surface area contributed by atoms with E-state index in [1.807, 2.05) is 0 Å². The van der Waals surface area contributed by atoms with Gasteiger partial charge >= 0.3 is 79.8 Å². The second-order valence-electron chi connectivity index (χ2n) is 17.2. The average Bonchev–Trinajstić information content (AvgIpc) is 0.879. The zero-order valence-corrected chi connectivity index (χ0v) is 71.9. The minimum Gasteiger partial charge on any atom is -1.00 e. The molecule has 0 saturated heterocycles. The molecule has 0 atom stereocenters. The smallest absolute Gasteiger partial charge is 1.00 e. The first kappa shape index (κ1) is 95.8. The number of alkyl halides is 6. The standard InChI is InChI=1S/2C27H33N6O6PS.2CHCl3.CH4O.ClH.Nd.2Zn/c2*1-31(28-16-19-10-7-13-22(37-4)25(19)34)40(41,32(2)29-17-20-11-8-14-23(38-5)26(20)35)33(3)30-18-21-12-9-15-24(39-6)27(21)36;2*2-1(3)4;1-2;;;;/h2*7-18,34-36H,1-6H3;2*1H;2H,1H3;1H;;;/q;;;;;;+3;2*+2/p-7/b2*28-16+,29-17+,30-18+;;;;;;;. The van der Waals surface area contributed by atoms with Gasteiger partial charge in [-0.25, -0.2) is 28.7 Å².